The minimum Gasteiger partial charge on any atom is -0.496 e. The average Bonchev–Trinajstić information content (AvgIpc) is 2.73. The second-order valence-corrected chi connectivity index (χ2v) is 7.45. The molecular weight excluding hydrogens is 416 g/mol. The fourth-order valence-electron chi connectivity index (χ4n) is 3.32. The highest BCUT2D eigenvalue weighted by molar-refractivity contribution is 6.34. The predicted octanol–water partition coefficient (Wildman–Crippen LogP) is 5.27. The number of para-hydroxylation sites is 1. The molecule has 0 unspecified atom stereocenters. The molecule has 0 aromatic heterocycles. The number of methoxy groups -OCH3 is 1. The van der Waals surface area contributed by atoms with E-state index in [2.05, 4.69) is 10.6 Å². The van der Waals surface area contributed by atoms with Gasteiger partial charge in [-0.2, -0.15) is 0 Å². The third-order valence-electron chi connectivity index (χ3n) is 4.75. The standard InChI is InChI=1S/C24H23ClN2O4/c1-15-11-18(13-20(25)23(15)19-5-3-4-6-21(19)31-2)27-24(30)26-14-17-9-7-16(8-10-17)12-22(28)29/h3-11,13H,12,14H2,1-2H3,(H,28,29)(H2,26,27,30). The molecule has 0 fully saturated rings. The molecule has 7 heteroatoms. The maximum atomic E-state index is 12.3. The highest BCUT2D eigenvalue weighted by Gasteiger charge is 2.14. The van der Waals surface area contributed by atoms with Crippen molar-refractivity contribution in [2.75, 3.05) is 12.4 Å². The topological polar surface area (TPSA) is 87.7 Å². The van der Waals surface area contributed by atoms with Gasteiger partial charge in [0, 0.05) is 23.4 Å². The monoisotopic (exact) mass is 438 g/mol. The number of hydrogen-bond acceptors (Lipinski definition) is 3. The van der Waals surface area contributed by atoms with Crippen molar-refractivity contribution in [2.24, 2.45) is 0 Å². The Labute approximate surface area is 185 Å². The number of carbonyl (C=O) groups excluding carboxylic acids is 1. The van der Waals surface area contributed by atoms with Gasteiger partial charge in [-0.3, -0.25) is 4.79 Å². The van der Waals surface area contributed by atoms with Crippen LogP contribution in [0.3, 0.4) is 0 Å². The van der Waals surface area contributed by atoms with E-state index < -0.39 is 5.97 Å². The van der Waals surface area contributed by atoms with Crippen molar-refractivity contribution in [1.29, 1.82) is 0 Å². The molecule has 0 aliphatic heterocycles. The van der Waals surface area contributed by atoms with Crippen LogP contribution >= 0.6 is 11.6 Å². The zero-order valence-electron chi connectivity index (χ0n) is 17.2. The minimum atomic E-state index is -0.879. The second kappa shape index (κ2) is 10.00. The number of ether oxygens (including phenoxy) is 1. The van der Waals surface area contributed by atoms with Gasteiger partial charge in [0.1, 0.15) is 5.75 Å². The third kappa shape index (κ3) is 5.77. The van der Waals surface area contributed by atoms with Crippen LogP contribution in [0.4, 0.5) is 10.5 Å². The van der Waals surface area contributed by atoms with Crippen molar-refractivity contribution in [1.82, 2.24) is 5.32 Å². The molecule has 31 heavy (non-hydrogen) atoms. The largest absolute Gasteiger partial charge is 0.496 e. The van der Waals surface area contributed by atoms with Crippen LogP contribution < -0.4 is 15.4 Å². The molecule has 2 amide bonds. The number of rotatable bonds is 7. The van der Waals surface area contributed by atoms with Gasteiger partial charge >= 0.3 is 12.0 Å². The molecular formula is C24H23ClN2O4. The molecule has 0 heterocycles. The molecule has 0 aliphatic rings. The maximum Gasteiger partial charge on any atom is 0.319 e. The average molecular weight is 439 g/mol. The summed E-state index contributed by atoms with van der Waals surface area (Å²) in [5, 5.41) is 14.9. The molecule has 3 aromatic rings. The molecule has 0 saturated heterocycles. The van der Waals surface area contributed by atoms with Gasteiger partial charge in [-0.05, 0) is 41.8 Å². The molecule has 0 aliphatic carbocycles. The molecule has 3 N–H and O–H groups in total. The Kier molecular flexibility index (Phi) is 7.15. The molecule has 3 rings (SSSR count). The van der Waals surface area contributed by atoms with Crippen LogP contribution in [-0.4, -0.2) is 24.2 Å². The maximum absolute atomic E-state index is 12.3. The molecule has 0 saturated carbocycles. The Morgan fingerprint density at radius 1 is 1.03 bits per heavy atom. The number of anilines is 1. The van der Waals surface area contributed by atoms with Gasteiger partial charge < -0.3 is 20.5 Å². The lowest BCUT2D eigenvalue weighted by atomic mass is 9.99. The van der Waals surface area contributed by atoms with Crippen LogP contribution in [0.2, 0.25) is 5.02 Å². The molecule has 3 aromatic carbocycles. The summed E-state index contributed by atoms with van der Waals surface area (Å²) in [7, 11) is 1.61. The zero-order valence-corrected chi connectivity index (χ0v) is 18.0. The van der Waals surface area contributed by atoms with E-state index in [0.717, 1.165) is 28.0 Å². The highest BCUT2D eigenvalue weighted by Crippen LogP contribution is 2.38. The van der Waals surface area contributed by atoms with Crippen molar-refractivity contribution in [2.45, 2.75) is 19.9 Å². The van der Waals surface area contributed by atoms with Gasteiger partial charge in [0.15, 0.2) is 0 Å². The van der Waals surface area contributed by atoms with Crippen molar-refractivity contribution >= 4 is 29.3 Å². The van der Waals surface area contributed by atoms with Crippen molar-refractivity contribution < 1.29 is 19.4 Å². The van der Waals surface area contributed by atoms with Crippen LogP contribution in [0.15, 0.2) is 60.7 Å². The lowest BCUT2D eigenvalue weighted by Crippen LogP contribution is -2.28. The Hall–Kier alpha value is -3.51. The summed E-state index contributed by atoms with van der Waals surface area (Å²) in [4.78, 5) is 23.1. The normalized spacial score (nSPS) is 10.4. The van der Waals surface area contributed by atoms with E-state index in [9.17, 15) is 9.59 Å². The zero-order chi connectivity index (χ0) is 22.4. The third-order valence-corrected chi connectivity index (χ3v) is 5.05. The van der Waals surface area contributed by atoms with E-state index in [1.54, 1.807) is 37.4 Å². The number of aryl methyl sites for hydroxylation is 1. The first kappa shape index (κ1) is 22.2. The smallest absolute Gasteiger partial charge is 0.319 e. The number of carboxylic acids is 1. The predicted molar refractivity (Wildman–Crippen MR) is 122 cm³/mol. The fourth-order valence-corrected chi connectivity index (χ4v) is 3.68. The quantitative estimate of drug-likeness (QED) is 0.468. The number of benzene rings is 3. The van der Waals surface area contributed by atoms with E-state index in [-0.39, 0.29) is 12.5 Å². The van der Waals surface area contributed by atoms with Crippen molar-refractivity contribution in [3.05, 3.63) is 82.4 Å². The van der Waals surface area contributed by atoms with Gasteiger partial charge in [-0.1, -0.05) is 54.1 Å². The SMILES string of the molecule is COc1ccccc1-c1c(C)cc(NC(=O)NCc2ccc(CC(=O)O)cc2)cc1Cl. The number of urea groups is 1. The summed E-state index contributed by atoms with van der Waals surface area (Å²) in [5.41, 5.74) is 4.80. The van der Waals surface area contributed by atoms with Crippen LogP contribution in [0.5, 0.6) is 5.75 Å². The number of nitrogens with one attached hydrogen (secondary N) is 2. The van der Waals surface area contributed by atoms with Crippen LogP contribution in [0, 0.1) is 6.92 Å². The molecule has 6 nitrogen and oxygen atoms in total. The molecule has 0 bridgehead atoms. The summed E-state index contributed by atoms with van der Waals surface area (Å²) in [6.45, 7) is 2.24. The van der Waals surface area contributed by atoms with E-state index >= 15 is 0 Å². The summed E-state index contributed by atoms with van der Waals surface area (Å²) in [5.74, 6) is -0.156. The molecule has 0 spiro atoms. The number of amides is 2. The van der Waals surface area contributed by atoms with Gasteiger partial charge in [0.25, 0.3) is 0 Å². The number of carbonyl (C=O) groups is 2. The van der Waals surface area contributed by atoms with Crippen LogP contribution in [0.1, 0.15) is 16.7 Å². The lowest BCUT2D eigenvalue weighted by molar-refractivity contribution is -0.136. The Morgan fingerprint density at radius 3 is 2.35 bits per heavy atom. The molecule has 0 atom stereocenters. The van der Waals surface area contributed by atoms with Gasteiger partial charge in [-0.25, -0.2) is 4.79 Å². The number of hydrogen-bond donors (Lipinski definition) is 3. The van der Waals surface area contributed by atoms with Crippen LogP contribution in [-0.2, 0) is 17.8 Å². The Balaban J connectivity index is 1.66. The van der Waals surface area contributed by atoms with E-state index in [4.69, 9.17) is 21.4 Å². The Morgan fingerprint density at radius 2 is 1.71 bits per heavy atom. The highest BCUT2D eigenvalue weighted by atomic mass is 35.5. The first-order chi connectivity index (χ1) is 14.9. The summed E-state index contributed by atoms with van der Waals surface area (Å²) < 4.78 is 5.44. The summed E-state index contributed by atoms with van der Waals surface area (Å²) in [6.07, 6.45) is -0.0286. The molecule has 160 valence electrons. The van der Waals surface area contributed by atoms with E-state index in [1.807, 2.05) is 37.3 Å². The second-order valence-electron chi connectivity index (χ2n) is 7.04. The van der Waals surface area contributed by atoms with Crippen molar-refractivity contribution in [3.63, 3.8) is 0 Å². The number of carboxylic acid groups (broad SMARTS) is 1. The minimum absolute atomic E-state index is 0.0286. The Bertz CT molecular complexity index is 1070. The summed E-state index contributed by atoms with van der Waals surface area (Å²) >= 11 is 6.54. The lowest BCUT2D eigenvalue weighted by Gasteiger charge is -2.15. The van der Waals surface area contributed by atoms with E-state index in [0.29, 0.717) is 22.8 Å². The van der Waals surface area contributed by atoms with E-state index in [1.165, 1.54) is 0 Å². The van der Waals surface area contributed by atoms with Gasteiger partial charge in [-0.15, -0.1) is 0 Å². The first-order valence-electron chi connectivity index (χ1n) is 9.65. The number of aliphatic carboxylic acids is 1. The fraction of sp³-hybridized carbons (Fsp3) is 0.167. The summed E-state index contributed by atoms with van der Waals surface area (Å²) in [6, 6.07) is 17.9. The van der Waals surface area contributed by atoms with Crippen LogP contribution in [0.25, 0.3) is 11.1 Å². The number of halogens is 1. The van der Waals surface area contributed by atoms with Gasteiger partial charge in [0.2, 0.25) is 0 Å². The van der Waals surface area contributed by atoms with Crippen molar-refractivity contribution in [3.8, 4) is 16.9 Å². The molecule has 0 radical (unpaired) electrons. The van der Waals surface area contributed by atoms with Gasteiger partial charge in [0.05, 0.1) is 18.6 Å². The first-order valence-corrected chi connectivity index (χ1v) is 10.0.